The third-order valence-electron chi connectivity index (χ3n) is 14.1. The van der Waals surface area contributed by atoms with Crippen LogP contribution in [0.3, 0.4) is 0 Å². The highest BCUT2D eigenvalue weighted by Crippen LogP contribution is 2.53. The Morgan fingerprint density at radius 2 is 0.781 bits per heavy atom. The second-order valence-electron chi connectivity index (χ2n) is 17.3. The lowest BCUT2D eigenvalue weighted by atomic mass is 9.74. The molecule has 0 aromatic heterocycles. The van der Waals surface area contributed by atoms with Crippen LogP contribution in [-0.4, -0.2) is 8.07 Å². The Labute approximate surface area is 377 Å². The van der Waals surface area contributed by atoms with Gasteiger partial charge in [-0.1, -0.05) is 212 Å². The molecule has 1 aliphatic heterocycles. The number of hydrogen-bond donors (Lipinski definition) is 0. The molecule has 2 aliphatic rings. The first-order chi connectivity index (χ1) is 31.6. The maximum Gasteiger partial charge on any atom is 0.180 e. The summed E-state index contributed by atoms with van der Waals surface area (Å²) in [5.41, 5.74) is 17.3. The topological polar surface area (TPSA) is 3.24 Å². The van der Waals surface area contributed by atoms with E-state index in [0.29, 0.717) is 0 Å². The van der Waals surface area contributed by atoms with E-state index >= 15 is 0 Å². The Morgan fingerprint density at radius 1 is 0.312 bits per heavy atom. The van der Waals surface area contributed by atoms with Crippen LogP contribution in [0.5, 0.6) is 0 Å². The summed E-state index contributed by atoms with van der Waals surface area (Å²) in [6.45, 7) is 2.39. The minimum absolute atomic E-state index is 0.252. The first kappa shape index (κ1) is 37.9. The van der Waals surface area contributed by atoms with Crippen molar-refractivity contribution in [3.63, 3.8) is 0 Å². The molecule has 0 saturated carbocycles. The predicted molar refractivity (Wildman–Crippen MR) is 272 cm³/mol. The summed E-state index contributed by atoms with van der Waals surface area (Å²) in [7, 11) is -2.71. The minimum atomic E-state index is -2.71. The summed E-state index contributed by atoms with van der Waals surface area (Å²) in [6.07, 6.45) is 0. The van der Waals surface area contributed by atoms with Crippen LogP contribution in [0, 0.1) is 0 Å². The molecule has 0 radical (unpaired) electrons. The normalized spacial score (nSPS) is 15.1. The maximum atomic E-state index is 2.49. The number of hydrogen-bond acceptors (Lipinski definition) is 1. The van der Waals surface area contributed by atoms with E-state index in [4.69, 9.17) is 0 Å². The molecule has 1 nitrogen and oxygen atoms in total. The van der Waals surface area contributed by atoms with Gasteiger partial charge in [-0.15, -0.1) is 0 Å². The van der Waals surface area contributed by atoms with E-state index in [1.807, 2.05) is 0 Å². The highest BCUT2D eigenvalue weighted by atomic mass is 28.3. The van der Waals surface area contributed by atoms with Gasteiger partial charge in [0.2, 0.25) is 0 Å². The molecular weight excluding hydrogens is 787 g/mol. The number of rotatable bonds is 8. The molecule has 2 heteroatoms. The second kappa shape index (κ2) is 15.2. The fourth-order valence-corrected chi connectivity index (χ4v) is 16.2. The number of nitrogens with zero attached hydrogens (tertiary/aromatic N) is 1. The molecule has 0 spiro atoms. The van der Waals surface area contributed by atoms with Gasteiger partial charge >= 0.3 is 0 Å². The molecule has 0 N–H and O–H groups in total. The van der Waals surface area contributed by atoms with E-state index in [2.05, 4.69) is 267 Å². The third-order valence-corrected chi connectivity index (χ3v) is 18.9. The van der Waals surface area contributed by atoms with Crippen LogP contribution in [0.25, 0.3) is 44.5 Å². The van der Waals surface area contributed by atoms with Crippen LogP contribution >= 0.6 is 0 Å². The molecule has 0 bridgehead atoms. The zero-order valence-corrected chi connectivity index (χ0v) is 36.7. The molecule has 0 amide bonds. The Balaban J connectivity index is 0.998. The number of fused-ring (bicyclic) bond motifs is 6. The number of benzene rings is 10. The zero-order valence-electron chi connectivity index (χ0n) is 35.7. The van der Waals surface area contributed by atoms with Crippen LogP contribution in [0.1, 0.15) is 23.6 Å². The van der Waals surface area contributed by atoms with Crippen molar-refractivity contribution in [2.24, 2.45) is 0 Å². The van der Waals surface area contributed by atoms with Gasteiger partial charge in [-0.2, -0.15) is 0 Å². The molecule has 0 saturated heterocycles. The summed E-state index contributed by atoms with van der Waals surface area (Å²) in [6, 6.07) is 94.9. The first-order valence-corrected chi connectivity index (χ1v) is 24.3. The van der Waals surface area contributed by atoms with Gasteiger partial charge in [0, 0.05) is 22.5 Å². The fraction of sp³-hybridized carbons (Fsp3) is 0.0323. The molecule has 12 rings (SSSR count). The van der Waals surface area contributed by atoms with Crippen molar-refractivity contribution in [1.29, 1.82) is 0 Å². The Kier molecular flexibility index (Phi) is 9.03. The molecule has 1 aliphatic carbocycles. The monoisotopic (exact) mass is 831 g/mol. The summed E-state index contributed by atoms with van der Waals surface area (Å²) < 4.78 is 0. The molecule has 10 aromatic carbocycles. The third kappa shape index (κ3) is 5.84. The van der Waals surface area contributed by atoms with Crippen molar-refractivity contribution in [3.8, 4) is 44.5 Å². The zero-order chi connectivity index (χ0) is 42.7. The van der Waals surface area contributed by atoms with Crippen molar-refractivity contribution in [2.45, 2.75) is 12.3 Å². The molecular formula is C62H45NSi. The van der Waals surface area contributed by atoms with Gasteiger partial charge in [0.05, 0.1) is 0 Å². The van der Waals surface area contributed by atoms with E-state index in [1.165, 1.54) is 81.9 Å². The van der Waals surface area contributed by atoms with Crippen LogP contribution in [-0.2, 0) is 5.41 Å². The predicted octanol–water partition coefficient (Wildman–Crippen LogP) is 13.2. The van der Waals surface area contributed by atoms with Gasteiger partial charge in [0.15, 0.2) is 8.07 Å². The Morgan fingerprint density at radius 3 is 1.42 bits per heavy atom. The summed E-state index contributed by atoms with van der Waals surface area (Å²) in [5, 5.41) is 5.66. The molecule has 1 heterocycles. The summed E-state index contributed by atoms with van der Waals surface area (Å²) in [4.78, 5) is 2.44. The van der Waals surface area contributed by atoms with E-state index in [9.17, 15) is 0 Å². The van der Waals surface area contributed by atoms with E-state index in [-0.39, 0.29) is 5.41 Å². The fourth-order valence-electron chi connectivity index (χ4n) is 11.0. The average molecular weight is 832 g/mol. The first-order valence-electron chi connectivity index (χ1n) is 22.3. The van der Waals surface area contributed by atoms with Crippen LogP contribution < -0.4 is 25.6 Å². The van der Waals surface area contributed by atoms with Crippen LogP contribution in [0.2, 0.25) is 0 Å². The minimum Gasteiger partial charge on any atom is -0.311 e. The molecule has 302 valence electrons. The highest BCUT2D eigenvalue weighted by Gasteiger charge is 2.48. The maximum absolute atomic E-state index is 2.71. The summed E-state index contributed by atoms with van der Waals surface area (Å²) in [5.74, 6) is 0. The lowest BCUT2D eigenvalue weighted by molar-refractivity contribution is 0.714. The largest absolute Gasteiger partial charge is 0.311 e. The van der Waals surface area contributed by atoms with E-state index in [0.717, 1.165) is 17.1 Å². The van der Waals surface area contributed by atoms with Crippen molar-refractivity contribution < 1.29 is 0 Å². The number of anilines is 3. The lowest BCUT2D eigenvalue weighted by Gasteiger charge is -2.33. The van der Waals surface area contributed by atoms with Gasteiger partial charge in [-0.3, -0.25) is 0 Å². The van der Waals surface area contributed by atoms with Crippen molar-refractivity contribution in [1.82, 2.24) is 0 Å². The van der Waals surface area contributed by atoms with Crippen molar-refractivity contribution in [2.75, 3.05) is 4.90 Å². The second-order valence-corrected chi connectivity index (χ2v) is 21.1. The average Bonchev–Trinajstić information content (AvgIpc) is 3.82. The van der Waals surface area contributed by atoms with Gasteiger partial charge < -0.3 is 4.90 Å². The lowest BCUT2D eigenvalue weighted by Crippen LogP contribution is -2.72. The molecule has 1 unspecified atom stereocenters. The van der Waals surface area contributed by atoms with E-state index < -0.39 is 8.07 Å². The molecule has 1 atom stereocenters. The molecule has 64 heavy (non-hydrogen) atoms. The van der Waals surface area contributed by atoms with Gasteiger partial charge in [-0.05, 0) is 131 Å². The van der Waals surface area contributed by atoms with Crippen molar-refractivity contribution in [3.05, 3.63) is 271 Å². The van der Waals surface area contributed by atoms with E-state index in [1.54, 1.807) is 0 Å². The highest BCUT2D eigenvalue weighted by molar-refractivity contribution is 7.22. The molecule has 10 aromatic rings. The van der Waals surface area contributed by atoms with Gasteiger partial charge in [-0.25, -0.2) is 0 Å². The Bertz CT molecular complexity index is 3280. The standard InChI is InChI=1S/C62H45NSi/c1-62(48-20-7-3-8-21-48)58-29-14-11-26-54(58)55-41-36-47(42-59(55)62)46-34-39-50(40-35-46)63(49-37-32-45(33-38-49)44-18-5-2-6-19-44)51-22-17-25-53(43-51)64(52-23-9-4-10-24-52)60-30-15-12-27-56(60)57-28-13-16-31-61(57)64/h2-43H,1H3. The Hall–Kier alpha value is -7.78. The quantitative estimate of drug-likeness (QED) is 0.138. The molecule has 0 fully saturated rings. The van der Waals surface area contributed by atoms with Crippen molar-refractivity contribution >= 4 is 45.9 Å². The van der Waals surface area contributed by atoms with Gasteiger partial charge in [0.25, 0.3) is 0 Å². The summed E-state index contributed by atoms with van der Waals surface area (Å²) >= 11 is 0. The van der Waals surface area contributed by atoms with Crippen LogP contribution in [0.4, 0.5) is 17.1 Å². The van der Waals surface area contributed by atoms with Gasteiger partial charge in [0.1, 0.15) is 0 Å². The smallest absolute Gasteiger partial charge is 0.180 e. The SMILES string of the molecule is CC1(c2ccccc2)c2ccccc2-c2ccc(-c3ccc(N(c4ccc(-c5ccccc5)cc4)c4cccc([Si]5(c6ccccc6)c6ccccc6-c6ccccc65)c4)cc3)cc21. The van der Waals surface area contributed by atoms with Crippen LogP contribution in [0.15, 0.2) is 255 Å².